The number of rotatable bonds is 1. The van der Waals surface area contributed by atoms with E-state index in [1.54, 1.807) is 0 Å². The average molecular weight is 202 g/mol. The Hall–Kier alpha value is -0.950. The minimum Gasteiger partial charge on any atom is -0.143 e. The minimum absolute atomic E-state index is 0.593. The van der Waals surface area contributed by atoms with E-state index in [0.29, 0.717) is 5.92 Å². The van der Waals surface area contributed by atoms with Crippen LogP contribution >= 0.6 is 12.6 Å². The first-order valence-electron chi connectivity index (χ1n) is 4.89. The van der Waals surface area contributed by atoms with Gasteiger partial charge in [-0.1, -0.05) is 38.1 Å². The van der Waals surface area contributed by atoms with Gasteiger partial charge in [-0.05, 0) is 34.4 Å². The summed E-state index contributed by atoms with van der Waals surface area (Å²) in [6.07, 6.45) is 0. The molecule has 2 aromatic carbocycles. The highest BCUT2D eigenvalue weighted by Crippen LogP contribution is 2.23. The maximum Gasteiger partial charge on any atom is 0.00463 e. The predicted octanol–water partition coefficient (Wildman–Crippen LogP) is 4.25. The molecule has 0 nitrogen and oxygen atoms in total. The molecule has 14 heavy (non-hydrogen) atoms. The molecule has 0 saturated heterocycles. The Morgan fingerprint density at radius 2 is 1.57 bits per heavy atom. The first-order valence-corrected chi connectivity index (χ1v) is 5.34. The van der Waals surface area contributed by atoms with E-state index in [0.717, 1.165) is 4.90 Å². The second kappa shape index (κ2) is 3.66. The first-order chi connectivity index (χ1) is 6.66. The van der Waals surface area contributed by atoms with Gasteiger partial charge >= 0.3 is 0 Å². The third kappa shape index (κ3) is 1.78. The molecule has 0 unspecified atom stereocenters. The molecule has 0 heterocycles. The molecular formula is C13H14S. The summed E-state index contributed by atoms with van der Waals surface area (Å²) in [4.78, 5) is 1.02. The van der Waals surface area contributed by atoms with Crippen LogP contribution in [0.3, 0.4) is 0 Å². The van der Waals surface area contributed by atoms with Gasteiger partial charge in [0.15, 0.2) is 0 Å². The molecule has 1 heteroatoms. The third-order valence-electron chi connectivity index (χ3n) is 2.51. The smallest absolute Gasteiger partial charge is 0.00463 e. The molecule has 0 atom stereocenters. The van der Waals surface area contributed by atoms with Crippen LogP contribution in [0.5, 0.6) is 0 Å². The fraction of sp³-hybridized carbons (Fsp3) is 0.231. The van der Waals surface area contributed by atoms with Gasteiger partial charge in [0.1, 0.15) is 0 Å². The molecule has 0 aliphatic rings. The van der Waals surface area contributed by atoms with E-state index in [9.17, 15) is 0 Å². The van der Waals surface area contributed by atoms with Crippen molar-refractivity contribution in [3.8, 4) is 0 Å². The fourth-order valence-corrected chi connectivity index (χ4v) is 1.82. The molecule has 0 fully saturated rings. The normalized spacial score (nSPS) is 11.1. The lowest BCUT2D eigenvalue weighted by atomic mass is 9.99. The Morgan fingerprint density at radius 3 is 2.29 bits per heavy atom. The van der Waals surface area contributed by atoms with Gasteiger partial charge in [0.25, 0.3) is 0 Å². The topological polar surface area (TPSA) is 0 Å². The van der Waals surface area contributed by atoms with Crippen molar-refractivity contribution in [1.82, 2.24) is 0 Å². The van der Waals surface area contributed by atoms with Crippen LogP contribution in [0.25, 0.3) is 10.8 Å². The Balaban J connectivity index is 2.62. The molecule has 2 rings (SSSR count). The minimum atomic E-state index is 0.593. The Kier molecular flexibility index (Phi) is 2.51. The highest BCUT2D eigenvalue weighted by atomic mass is 32.1. The van der Waals surface area contributed by atoms with Crippen molar-refractivity contribution in [3.05, 3.63) is 42.0 Å². The van der Waals surface area contributed by atoms with Gasteiger partial charge in [-0.2, -0.15) is 0 Å². The van der Waals surface area contributed by atoms with E-state index < -0.39 is 0 Å². The predicted molar refractivity (Wildman–Crippen MR) is 65.3 cm³/mol. The molecule has 0 saturated carbocycles. The summed E-state index contributed by atoms with van der Waals surface area (Å²) in [5.74, 6) is 0.593. The van der Waals surface area contributed by atoms with Crippen LogP contribution in [-0.2, 0) is 0 Å². The van der Waals surface area contributed by atoms with Gasteiger partial charge in [-0.3, -0.25) is 0 Å². The van der Waals surface area contributed by atoms with E-state index in [1.807, 2.05) is 6.07 Å². The second-order valence-corrected chi connectivity index (χ2v) is 4.46. The van der Waals surface area contributed by atoms with Crippen molar-refractivity contribution in [3.63, 3.8) is 0 Å². The molecule has 0 spiro atoms. The molecule has 72 valence electrons. The van der Waals surface area contributed by atoms with Gasteiger partial charge in [-0.25, -0.2) is 0 Å². The molecule has 0 aromatic heterocycles. The molecule has 0 aliphatic heterocycles. The monoisotopic (exact) mass is 202 g/mol. The molecule has 0 radical (unpaired) electrons. The fourth-order valence-electron chi connectivity index (χ4n) is 1.61. The van der Waals surface area contributed by atoms with Crippen molar-refractivity contribution in [2.24, 2.45) is 0 Å². The Labute approximate surface area is 90.4 Å². The largest absolute Gasteiger partial charge is 0.143 e. The number of fused-ring (bicyclic) bond motifs is 1. The lowest BCUT2D eigenvalue weighted by Gasteiger charge is -2.06. The van der Waals surface area contributed by atoms with Crippen molar-refractivity contribution in [2.75, 3.05) is 0 Å². The van der Waals surface area contributed by atoms with Crippen LogP contribution in [0, 0.1) is 0 Å². The standard InChI is InChI=1S/C13H14S/c1-9(2)10-3-4-12-8-13(14)6-5-11(12)7-10/h3-9,14H,1-2H3. The van der Waals surface area contributed by atoms with E-state index >= 15 is 0 Å². The maximum atomic E-state index is 4.33. The van der Waals surface area contributed by atoms with Gasteiger partial charge in [0.2, 0.25) is 0 Å². The molecule has 2 aromatic rings. The van der Waals surface area contributed by atoms with Gasteiger partial charge in [-0.15, -0.1) is 12.6 Å². The van der Waals surface area contributed by atoms with Gasteiger partial charge in [0, 0.05) is 4.90 Å². The van der Waals surface area contributed by atoms with E-state index in [1.165, 1.54) is 16.3 Å². The summed E-state index contributed by atoms with van der Waals surface area (Å²) >= 11 is 4.33. The van der Waals surface area contributed by atoms with E-state index in [2.05, 4.69) is 56.8 Å². The molecule has 0 N–H and O–H groups in total. The third-order valence-corrected chi connectivity index (χ3v) is 2.79. The summed E-state index contributed by atoms with van der Waals surface area (Å²) in [5, 5.41) is 2.57. The van der Waals surface area contributed by atoms with Crippen LogP contribution in [0.15, 0.2) is 41.3 Å². The van der Waals surface area contributed by atoms with Crippen molar-refractivity contribution in [2.45, 2.75) is 24.7 Å². The average Bonchev–Trinajstić information content (AvgIpc) is 2.16. The van der Waals surface area contributed by atoms with Crippen LogP contribution in [0.1, 0.15) is 25.3 Å². The van der Waals surface area contributed by atoms with Crippen LogP contribution in [0.2, 0.25) is 0 Å². The lowest BCUT2D eigenvalue weighted by Crippen LogP contribution is -1.86. The van der Waals surface area contributed by atoms with Crippen molar-refractivity contribution >= 4 is 23.4 Å². The quantitative estimate of drug-likeness (QED) is 0.657. The number of hydrogen-bond acceptors (Lipinski definition) is 1. The molecular weight excluding hydrogens is 188 g/mol. The SMILES string of the molecule is CC(C)c1ccc2cc(S)ccc2c1. The lowest BCUT2D eigenvalue weighted by molar-refractivity contribution is 0.869. The van der Waals surface area contributed by atoms with Crippen LogP contribution < -0.4 is 0 Å². The second-order valence-electron chi connectivity index (χ2n) is 3.95. The zero-order valence-corrected chi connectivity index (χ0v) is 9.38. The maximum absolute atomic E-state index is 4.33. The number of benzene rings is 2. The Bertz CT molecular complexity index is 458. The van der Waals surface area contributed by atoms with E-state index in [-0.39, 0.29) is 0 Å². The summed E-state index contributed by atoms with van der Waals surface area (Å²) < 4.78 is 0. The Morgan fingerprint density at radius 1 is 0.929 bits per heavy atom. The van der Waals surface area contributed by atoms with Crippen LogP contribution in [0.4, 0.5) is 0 Å². The summed E-state index contributed by atoms with van der Waals surface area (Å²) in [6.45, 7) is 4.43. The van der Waals surface area contributed by atoms with Crippen molar-refractivity contribution < 1.29 is 0 Å². The summed E-state index contributed by atoms with van der Waals surface area (Å²) in [7, 11) is 0. The molecule has 0 bridgehead atoms. The summed E-state index contributed by atoms with van der Waals surface area (Å²) in [6, 6.07) is 12.9. The van der Waals surface area contributed by atoms with E-state index in [4.69, 9.17) is 0 Å². The highest BCUT2D eigenvalue weighted by Gasteiger charge is 2.00. The zero-order chi connectivity index (χ0) is 10.1. The van der Waals surface area contributed by atoms with Gasteiger partial charge in [0.05, 0.1) is 0 Å². The zero-order valence-electron chi connectivity index (χ0n) is 8.49. The van der Waals surface area contributed by atoms with Crippen molar-refractivity contribution in [1.29, 1.82) is 0 Å². The first kappa shape index (κ1) is 9.60. The van der Waals surface area contributed by atoms with Gasteiger partial charge < -0.3 is 0 Å². The number of thiol groups is 1. The number of hydrogen-bond donors (Lipinski definition) is 1. The molecule has 0 aliphatic carbocycles. The summed E-state index contributed by atoms with van der Waals surface area (Å²) in [5.41, 5.74) is 1.39. The van der Waals surface area contributed by atoms with Crippen LogP contribution in [-0.4, -0.2) is 0 Å². The highest BCUT2D eigenvalue weighted by molar-refractivity contribution is 7.80. The molecule has 0 amide bonds.